The maximum absolute atomic E-state index is 12.9. The summed E-state index contributed by atoms with van der Waals surface area (Å²) >= 11 is 0. The summed E-state index contributed by atoms with van der Waals surface area (Å²) in [7, 11) is 1.42. The van der Waals surface area contributed by atoms with Crippen LogP contribution in [0.1, 0.15) is 40.0 Å². The predicted molar refractivity (Wildman–Crippen MR) is 120 cm³/mol. The molecule has 162 valence electrons. The van der Waals surface area contributed by atoms with Gasteiger partial charge in [-0.05, 0) is 61.1 Å². The summed E-state index contributed by atoms with van der Waals surface area (Å²) in [4.78, 5) is 11.1. The van der Waals surface area contributed by atoms with Gasteiger partial charge in [-0.15, -0.1) is 0 Å². The number of ether oxygens (including phenoxy) is 2. The van der Waals surface area contributed by atoms with Crippen molar-refractivity contribution in [3.8, 4) is 17.6 Å². The second-order valence-electron chi connectivity index (χ2n) is 7.44. The fourth-order valence-corrected chi connectivity index (χ4v) is 2.59. The molecule has 0 spiro atoms. The van der Waals surface area contributed by atoms with E-state index >= 15 is 0 Å². The lowest BCUT2D eigenvalue weighted by Gasteiger charge is -2.15. The number of esters is 1. The van der Waals surface area contributed by atoms with Gasteiger partial charge in [0.05, 0.1) is 13.7 Å². The Hall–Kier alpha value is -2.80. The third-order valence-electron chi connectivity index (χ3n) is 4.79. The molecule has 0 aliphatic rings. The monoisotopic (exact) mass is 412 g/mol. The number of hydrogen-bond donors (Lipinski definition) is 0. The second-order valence-corrected chi connectivity index (χ2v) is 7.44. The number of methoxy groups -OCH3 is 1. The summed E-state index contributed by atoms with van der Waals surface area (Å²) in [6.45, 7) is 6.92. The number of hydrogen-bond acceptors (Lipinski definition) is 3. The Bertz CT molecular complexity index is 766. The Kier molecular flexibility index (Phi) is 12.7. The van der Waals surface area contributed by atoms with Crippen LogP contribution in [-0.4, -0.2) is 19.7 Å². The molecule has 0 N–H and O–H groups in total. The Morgan fingerprint density at radius 3 is 2.47 bits per heavy atom. The molecule has 0 radical (unpaired) electrons. The minimum atomic E-state index is -0.270. The number of halogens is 1. The van der Waals surface area contributed by atoms with Gasteiger partial charge >= 0.3 is 5.97 Å². The molecule has 30 heavy (non-hydrogen) atoms. The van der Waals surface area contributed by atoms with Gasteiger partial charge in [0.2, 0.25) is 0 Å². The van der Waals surface area contributed by atoms with Gasteiger partial charge in [0, 0.05) is 12.3 Å². The lowest BCUT2D eigenvalue weighted by molar-refractivity contribution is -0.140. The van der Waals surface area contributed by atoms with Crippen molar-refractivity contribution < 1.29 is 18.7 Å². The molecular formula is C26H33FO3. The van der Waals surface area contributed by atoms with Crippen LogP contribution in [0, 0.1) is 35.4 Å². The van der Waals surface area contributed by atoms with Crippen LogP contribution in [0.15, 0.2) is 60.7 Å². The van der Waals surface area contributed by atoms with Crippen molar-refractivity contribution in [1.82, 2.24) is 0 Å². The van der Waals surface area contributed by atoms with E-state index in [0.29, 0.717) is 30.6 Å². The van der Waals surface area contributed by atoms with Crippen molar-refractivity contribution in [3.63, 3.8) is 0 Å². The zero-order chi connectivity index (χ0) is 22.2. The van der Waals surface area contributed by atoms with Gasteiger partial charge in [-0.3, -0.25) is 4.79 Å². The molecule has 0 bridgehead atoms. The number of allylic oxidation sites excluding steroid dienone is 5. The van der Waals surface area contributed by atoms with Gasteiger partial charge in [0.15, 0.2) is 0 Å². The van der Waals surface area contributed by atoms with Gasteiger partial charge in [-0.25, -0.2) is 4.39 Å². The van der Waals surface area contributed by atoms with Crippen molar-refractivity contribution in [3.05, 3.63) is 66.5 Å². The Labute approximate surface area is 180 Å². The maximum Gasteiger partial charge on any atom is 0.305 e. The lowest BCUT2D eigenvalue weighted by Crippen LogP contribution is -2.07. The molecule has 0 saturated heterocycles. The largest absolute Gasteiger partial charge is 0.493 e. The minimum absolute atomic E-state index is 0.143. The number of benzene rings is 1. The zero-order valence-electron chi connectivity index (χ0n) is 18.4. The maximum atomic E-state index is 12.9. The Balaban J connectivity index is 2.26. The van der Waals surface area contributed by atoms with Crippen molar-refractivity contribution in [2.45, 2.75) is 40.0 Å². The molecule has 3 nitrogen and oxygen atoms in total. The molecule has 3 atom stereocenters. The van der Waals surface area contributed by atoms with Crippen molar-refractivity contribution in [2.75, 3.05) is 13.7 Å². The molecule has 1 aromatic carbocycles. The van der Waals surface area contributed by atoms with Crippen molar-refractivity contribution in [1.29, 1.82) is 0 Å². The van der Waals surface area contributed by atoms with Crippen LogP contribution in [0.2, 0.25) is 0 Å². The Morgan fingerprint density at radius 2 is 1.77 bits per heavy atom. The van der Waals surface area contributed by atoms with Gasteiger partial charge in [0.25, 0.3) is 0 Å². The van der Waals surface area contributed by atoms with Crippen molar-refractivity contribution in [2.24, 2.45) is 17.8 Å². The summed E-state index contributed by atoms with van der Waals surface area (Å²) < 4.78 is 23.1. The van der Waals surface area contributed by atoms with E-state index in [-0.39, 0.29) is 17.7 Å². The minimum Gasteiger partial charge on any atom is -0.493 e. The van der Waals surface area contributed by atoms with Crippen LogP contribution in [0.25, 0.3) is 0 Å². The van der Waals surface area contributed by atoms with Crippen molar-refractivity contribution >= 4 is 5.97 Å². The first kappa shape index (κ1) is 25.2. The molecule has 0 aliphatic carbocycles. The summed E-state index contributed by atoms with van der Waals surface area (Å²) in [5.41, 5.74) is 0. The first-order valence-electron chi connectivity index (χ1n) is 10.4. The topological polar surface area (TPSA) is 35.5 Å². The normalized spacial score (nSPS) is 14.4. The number of rotatable bonds is 11. The SMILES string of the molecule is COC(=O)CCC[C@H](C)[C@H](C)/C=C/C=C/C#C/C=C/[C@H](C)COc1ccc(F)cc1. The van der Waals surface area contributed by atoms with E-state index in [1.165, 1.54) is 19.2 Å². The van der Waals surface area contributed by atoms with E-state index in [0.717, 1.165) is 12.8 Å². The molecule has 0 amide bonds. The predicted octanol–water partition coefficient (Wildman–Crippen LogP) is 6.13. The molecule has 0 saturated carbocycles. The van der Waals surface area contributed by atoms with E-state index in [9.17, 15) is 9.18 Å². The highest BCUT2D eigenvalue weighted by molar-refractivity contribution is 5.68. The molecule has 1 aromatic rings. The molecule has 0 heterocycles. The van der Waals surface area contributed by atoms with E-state index in [1.54, 1.807) is 12.1 Å². The summed E-state index contributed by atoms with van der Waals surface area (Å²) in [6, 6.07) is 6.01. The van der Waals surface area contributed by atoms with Gasteiger partial charge in [-0.2, -0.15) is 0 Å². The quantitative estimate of drug-likeness (QED) is 0.249. The highest BCUT2D eigenvalue weighted by Gasteiger charge is 2.10. The van der Waals surface area contributed by atoms with E-state index in [4.69, 9.17) is 4.74 Å². The summed E-state index contributed by atoms with van der Waals surface area (Å²) in [5.74, 6) is 7.34. The average Bonchev–Trinajstić information content (AvgIpc) is 2.74. The third kappa shape index (κ3) is 11.9. The van der Waals surface area contributed by atoms with E-state index < -0.39 is 0 Å². The number of carbonyl (C=O) groups excluding carboxylic acids is 1. The molecule has 0 fully saturated rings. The van der Waals surface area contributed by atoms with Crippen LogP contribution in [0.5, 0.6) is 5.75 Å². The summed E-state index contributed by atoms with van der Waals surface area (Å²) in [5, 5.41) is 0. The molecule has 0 aromatic heterocycles. The van der Waals surface area contributed by atoms with Crippen LogP contribution in [0.4, 0.5) is 4.39 Å². The number of carbonyl (C=O) groups is 1. The highest BCUT2D eigenvalue weighted by atomic mass is 19.1. The van der Waals surface area contributed by atoms with Crippen LogP contribution in [0.3, 0.4) is 0 Å². The fraction of sp³-hybridized carbons (Fsp3) is 0.423. The first-order chi connectivity index (χ1) is 14.4. The molecule has 0 unspecified atom stereocenters. The second kappa shape index (κ2) is 15.1. The fourth-order valence-electron chi connectivity index (χ4n) is 2.59. The van der Waals surface area contributed by atoms with Gasteiger partial charge in [-0.1, -0.05) is 56.9 Å². The van der Waals surface area contributed by atoms with Gasteiger partial charge in [0.1, 0.15) is 11.6 Å². The standard InChI is InChI=1S/C26H33FO3/c1-21(20-30-25-18-16-24(27)17-19-25)12-9-7-5-6-8-10-13-22(2)23(3)14-11-15-26(28)29-4/h6,8-10,12-13,16-19,21-23H,11,14-15,20H2,1-4H3/b8-6+,12-9+,13-10+/t21-,22+,23-/m0/s1. The van der Waals surface area contributed by atoms with Crippen LogP contribution >= 0.6 is 0 Å². The molecule has 0 aliphatic heterocycles. The molecule has 1 rings (SSSR count). The molecule has 4 heteroatoms. The lowest BCUT2D eigenvalue weighted by atomic mass is 9.90. The van der Waals surface area contributed by atoms with Gasteiger partial charge < -0.3 is 9.47 Å². The molecular weight excluding hydrogens is 379 g/mol. The summed E-state index contributed by atoms with van der Waals surface area (Å²) in [6.07, 6.45) is 14.1. The van der Waals surface area contributed by atoms with Crippen LogP contribution in [-0.2, 0) is 9.53 Å². The zero-order valence-corrected chi connectivity index (χ0v) is 18.4. The smallest absolute Gasteiger partial charge is 0.305 e. The first-order valence-corrected chi connectivity index (χ1v) is 10.4. The van der Waals surface area contributed by atoms with Crippen LogP contribution < -0.4 is 4.74 Å². The highest BCUT2D eigenvalue weighted by Crippen LogP contribution is 2.19. The van der Waals surface area contributed by atoms with E-state index in [1.807, 2.05) is 37.3 Å². The Morgan fingerprint density at radius 1 is 1.07 bits per heavy atom. The third-order valence-corrected chi connectivity index (χ3v) is 4.79. The van der Waals surface area contributed by atoms with E-state index in [2.05, 4.69) is 36.5 Å². The average molecular weight is 413 g/mol.